The minimum atomic E-state index is 0.148. The highest BCUT2D eigenvalue weighted by atomic mass is 35.5. The molecule has 6 aromatic rings. The summed E-state index contributed by atoms with van der Waals surface area (Å²) in [6.45, 7) is 0. The van der Waals surface area contributed by atoms with Crippen LogP contribution < -0.4 is 9.47 Å². The van der Waals surface area contributed by atoms with Crippen LogP contribution in [0.25, 0.3) is 45.7 Å². The zero-order valence-electron chi connectivity index (χ0n) is 22.9. The van der Waals surface area contributed by atoms with Crippen LogP contribution in [0.4, 0.5) is 0 Å². The molecule has 4 heterocycles. The van der Waals surface area contributed by atoms with E-state index in [2.05, 4.69) is 32.1 Å². The Balaban J connectivity index is 0.000000171. The summed E-state index contributed by atoms with van der Waals surface area (Å²) in [6.07, 6.45) is 4.89. The molecule has 0 aliphatic heterocycles. The second-order valence-corrected chi connectivity index (χ2v) is 9.08. The molecule has 0 radical (unpaired) electrons. The maximum atomic E-state index is 9.07. The van der Waals surface area contributed by atoms with E-state index in [0.29, 0.717) is 62.6 Å². The lowest BCUT2D eigenvalue weighted by Gasteiger charge is -2.02. The van der Waals surface area contributed by atoms with Crippen molar-refractivity contribution >= 4 is 11.6 Å². The van der Waals surface area contributed by atoms with Crippen molar-refractivity contribution in [3.05, 3.63) is 108 Å². The smallest absolute Gasteiger partial charge is 0.228 e. The normalized spacial score (nSPS) is 10.2. The minimum Gasteiger partial charge on any atom is -0.497 e. The van der Waals surface area contributed by atoms with Crippen LogP contribution in [0.2, 0.25) is 5.22 Å². The molecule has 43 heavy (non-hydrogen) atoms. The topological polar surface area (TPSA) is 144 Å². The first-order valence-corrected chi connectivity index (χ1v) is 13.0. The molecule has 2 aromatic carbocycles. The fourth-order valence-electron chi connectivity index (χ4n) is 3.93. The summed E-state index contributed by atoms with van der Waals surface area (Å²) in [7, 11) is 3.08. The number of halogens is 1. The molecule has 0 amide bonds. The van der Waals surface area contributed by atoms with Crippen LogP contribution >= 0.6 is 11.6 Å². The van der Waals surface area contributed by atoms with Gasteiger partial charge in [-0.05, 0) is 72.3 Å². The molecular formula is C32H21ClN6O4. The Hall–Kier alpha value is -5.97. The van der Waals surface area contributed by atoms with E-state index in [1.807, 2.05) is 24.3 Å². The second-order valence-electron chi connectivity index (χ2n) is 8.73. The largest absolute Gasteiger partial charge is 0.497 e. The Morgan fingerprint density at radius 1 is 0.698 bits per heavy atom. The van der Waals surface area contributed by atoms with E-state index < -0.39 is 0 Å². The summed E-state index contributed by atoms with van der Waals surface area (Å²) < 4.78 is 21.3. The summed E-state index contributed by atoms with van der Waals surface area (Å²) in [5, 5.41) is 18.3. The number of hydrogen-bond acceptors (Lipinski definition) is 10. The molecule has 0 unspecified atom stereocenters. The highest BCUT2D eigenvalue weighted by molar-refractivity contribution is 6.31. The molecule has 0 atom stereocenters. The predicted molar refractivity (Wildman–Crippen MR) is 158 cm³/mol. The monoisotopic (exact) mass is 588 g/mol. The first-order valence-electron chi connectivity index (χ1n) is 12.6. The van der Waals surface area contributed by atoms with Gasteiger partial charge in [0.1, 0.15) is 29.2 Å². The third-order valence-corrected chi connectivity index (χ3v) is 6.22. The number of benzene rings is 2. The zero-order chi connectivity index (χ0) is 30.2. The summed E-state index contributed by atoms with van der Waals surface area (Å²) in [4.78, 5) is 17.2. The van der Waals surface area contributed by atoms with Crippen molar-refractivity contribution in [2.75, 3.05) is 14.2 Å². The zero-order valence-corrected chi connectivity index (χ0v) is 23.6. The van der Waals surface area contributed by atoms with Crippen molar-refractivity contribution in [3.8, 4) is 69.3 Å². The Bertz CT molecular complexity index is 1940. The summed E-state index contributed by atoms with van der Waals surface area (Å²) in [5.74, 6) is 1.86. The molecule has 0 saturated carbocycles. The van der Waals surface area contributed by atoms with Crippen molar-refractivity contribution < 1.29 is 18.3 Å². The molecule has 0 fully saturated rings. The number of nitriles is 2. The lowest BCUT2D eigenvalue weighted by atomic mass is 10.1. The third kappa shape index (κ3) is 6.68. The van der Waals surface area contributed by atoms with Gasteiger partial charge in [0.25, 0.3) is 0 Å². The van der Waals surface area contributed by atoms with Crippen molar-refractivity contribution in [2.24, 2.45) is 0 Å². The molecule has 0 bridgehead atoms. The van der Waals surface area contributed by atoms with Gasteiger partial charge in [0.05, 0.1) is 48.9 Å². The number of methoxy groups -OCH3 is 2. The van der Waals surface area contributed by atoms with Gasteiger partial charge in [-0.3, -0.25) is 9.97 Å². The first-order chi connectivity index (χ1) is 21.0. The predicted octanol–water partition coefficient (Wildman–Crippen LogP) is 7.22. The minimum absolute atomic E-state index is 0.148. The molecule has 11 heteroatoms. The van der Waals surface area contributed by atoms with E-state index in [0.717, 1.165) is 5.69 Å². The van der Waals surface area contributed by atoms with Gasteiger partial charge in [0.2, 0.25) is 17.0 Å². The number of nitrogens with zero attached hydrogens (tertiary/aromatic N) is 6. The van der Waals surface area contributed by atoms with Gasteiger partial charge in [-0.15, -0.1) is 0 Å². The molecule has 6 rings (SSSR count). The molecular weight excluding hydrogens is 568 g/mol. The van der Waals surface area contributed by atoms with E-state index in [-0.39, 0.29) is 5.22 Å². The average Bonchev–Trinajstić information content (AvgIpc) is 3.73. The maximum absolute atomic E-state index is 9.07. The molecule has 10 nitrogen and oxygen atoms in total. The van der Waals surface area contributed by atoms with E-state index in [9.17, 15) is 0 Å². The van der Waals surface area contributed by atoms with Gasteiger partial charge in [-0.2, -0.15) is 10.5 Å². The molecule has 0 N–H and O–H groups in total. The highest BCUT2D eigenvalue weighted by Crippen LogP contribution is 2.33. The number of rotatable bonds is 6. The number of hydrogen-bond donors (Lipinski definition) is 0. The van der Waals surface area contributed by atoms with Crippen molar-refractivity contribution in [1.82, 2.24) is 19.9 Å². The Morgan fingerprint density at radius 3 is 1.81 bits per heavy atom. The van der Waals surface area contributed by atoms with Gasteiger partial charge in [0.15, 0.2) is 0 Å². The molecule has 210 valence electrons. The van der Waals surface area contributed by atoms with Crippen molar-refractivity contribution in [1.29, 1.82) is 10.5 Å². The average molecular weight is 589 g/mol. The van der Waals surface area contributed by atoms with Gasteiger partial charge >= 0.3 is 0 Å². The Labute approximate surface area is 251 Å². The van der Waals surface area contributed by atoms with Gasteiger partial charge in [0, 0.05) is 23.5 Å². The molecule has 0 spiro atoms. The highest BCUT2D eigenvalue weighted by Gasteiger charge is 2.17. The van der Waals surface area contributed by atoms with Gasteiger partial charge in [-0.1, -0.05) is 12.1 Å². The molecule has 0 saturated heterocycles. The lowest BCUT2D eigenvalue weighted by molar-refractivity contribution is 0.414. The Kier molecular flexibility index (Phi) is 8.72. The fraction of sp³-hybridized carbons (Fsp3) is 0.0625. The van der Waals surface area contributed by atoms with E-state index in [1.165, 1.54) is 7.11 Å². The SMILES string of the molecule is COc1cc(C#N)cc(-c2nc(-c3ccccn3)c(Cl)o2)c1.COc1cc(C#N)cc(-c2nc(-c3ccccn3)co2)c1. The van der Waals surface area contributed by atoms with E-state index >= 15 is 0 Å². The van der Waals surface area contributed by atoms with Crippen LogP contribution in [0.5, 0.6) is 11.5 Å². The summed E-state index contributed by atoms with van der Waals surface area (Å²) in [5.41, 5.74) is 4.69. The molecule has 0 aliphatic carbocycles. The van der Waals surface area contributed by atoms with Crippen molar-refractivity contribution in [3.63, 3.8) is 0 Å². The standard InChI is InChI=1S/C16H10ClN3O2.C16H11N3O2/c1-21-12-7-10(9-18)6-11(8-12)16-20-14(15(17)22-16)13-4-2-3-5-19-13;1-20-13-7-11(9-17)6-12(8-13)16-19-15(10-21-16)14-4-2-3-5-18-14/h2-8H,1H3;2-8,10H,1H3. The maximum Gasteiger partial charge on any atom is 0.228 e. The van der Waals surface area contributed by atoms with Gasteiger partial charge in [-0.25, -0.2) is 9.97 Å². The number of pyridine rings is 2. The van der Waals surface area contributed by atoms with Crippen LogP contribution in [0.1, 0.15) is 11.1 Å². The fourth-order valence-corrected chi connectivity index (χ4v) is 4.15. The van der Waals surface area contributed by atoms with Crippen LogP contribution in [-0.2, 0) is 0 Å². The van der Waals surface area contributed by atoms with E-state index in [4.69, 9.17) is 40.4 Å². The number of oxazole rings is 2. The summed E-state index contributed by atoms with van der Waals surface area (Å²) in [6, 6.07) is 25.3. The molecule has 0 aliphatic rings. The second kappa shape index (κ2) is 13.1. The third-order valence-electron chi connectivity index (χ3n) is 5.96. The first kappa shape index (κ1) is 28.6. The van der Waals surface area contributed by atoms with E-state index in [1.54, 1.807) is 74.3 Å². The quantitative estimate of drug-likeness (QED) is 0.195. The molecule has 4 aromatic heterocycles. The summed E-state index contributed by atoms with van der Waals surface area (Å²) >= 11 is 6.11. The van der Waals surface area contributed by atoms with Crippen molar-refractivity contribution in [2.45, 2.75) is 0 Å². The number of ether oxygens (including phenoxy) is 2. The van der Waals surface area contributed by atoms with Crippen LogP contribution in [-0.4, -0.2) is 34.2 Å². The Morgan fingerprint density at radius 2 is 1.28 bits per heavy atom. The number of aromatic nitrogens is 4. The van der Waals surface area contributed by atoms with Crippen LogP contribution in [0, 0.1) is 22.7 Å². The lowest BCUT2D eigenvalue weighted by Crippen LogP contribution is -1.87. The van der Waals surface area contributed by atoms with Crippen LogP contribution in [0.3, 0.4) is 0 Å². The van der Waals surface area contributed by atoms with Gasteiger partial charge < -0.3 is 18.3 Å². The van der Waals surface area contributed by atoms with Crippen LogP contribution in [0.15, 0.2) is 100 Å².